The van der Waals surface area contributed by atoms with Crippen LogP contribution in [0.15, 0.2) is 40.5 Å². The van der Waals surface area contributed by atoms with E-state index in [1.54, 1.807) is 13.0 Å². The second-order valence-corrected chi connectivity index (χ2v) is 4.84. The van der Waals surface area contributed by atoms with Crippen molar-refractivity contribution in [1.82, 2.24) is 9.97 Å². The van der Waals surface area contributed by atoms with Crippen molar-refractivity contribution in [3.8, 4) is 0 Å². The molecule has 20 heavy (non-hydrogen) atoms. The first-order chi connectivity index (χ1) is 9.47. The molecule has 2 aromatic rings. The molecule has 0 amide bonds. The Bertz CT molecular complexity index is 673. The van der Waals surface area contributed by atoms with Crippen LogP contribution >= 0.6 is 11.8 Å². The first-order valence-electron chi connectivity index (χ1n) is 5.46. The van der Waals surface area contributed by atoms with Gasteiger partial charge in [0.25, 0.3) is 5.69 Å². The van der Waals surface area contributed by atoms with Crippen molar-refractivity contribution in [2.45, 2.75) is 17.0 Å². The van der Waals surface area contributed by atoms with Crippen LogP contribution in [0.5, 0.6) is 0 Å². The van der Waals surface area contributed by atoms with Gasteiger partial charge in [-0.1, -0.05) is 11.8 Å². The minimum atomic E-state index is -1.04. The summed E-state index contributed by atoms with van der Waals surface area (Å²) in [4.78, 5) is 29.0. The molecule has 0 radical (unpaired) electrons. The summed E-state index contributed by atoms with van der Waals surface area (Å²) in [7, 11) is 0. The van der Waals surface area contributed by atoms with Crippen LogP contribution in [0, 0.1) is 17.0 Å². The molecule has 0 atom stereocenters. The third-order valence-electron chi connectivity index (χ3n) is 2.42. The van der Waals surface area contributed by atoms with Crippen molar-refractivity contribution in [1.29, 1.82) is 0 Å². The molecule has 0 saturated heterocycles. The van der Waals surface area contributed by atoms with Crippen LogP contribution in [0.2, 0.25) is 0 Å². The van der Waals surface area contributed by atoms with Gasteiger partial charge >= 0.3 is 5.97 Å². The summed E-state index contributed by atoms with van der Waals surface area (Å²) in [5.74, 6) is -1.04. The van der Waals surface area contributed by atoms with E-state index in [-0.39, 0.29) is 11.3 Å². The number of hydrogen-bond acceptors (Lipinski definition) is 6. The highest BCUT2D eigenvalue weighted by Gasteiger charge is 2.12. The number of carbonyl (C=O) groups is 1. The van der Waals surface area contributed by atoms with Gasteiger partial charge in [-0.2, -0.15) is 0 Å². The van der Waals surface area contributed by atoms with Gasteiger partial charge in [0.05, 0.1) is 10.5 Å². The second kappa shape index (κ2) is 5.66. The Morgan fingerprint density at radius 1 is 1.30 bits per heavy atom. The minimum Gasteiger partial charge on any atom is -0.478 e. The molecule has 0 spiro atoms. The van der Waals surface area contributed by atoms with Crippen LogP contribution < -0.4 is 0 Å². The van der Waals surface area contributed by atoms with Crippen LogP contribution in [0.1, 0.15) is 16.1 Å². The lowest BCUT2D eigenvalue weighted by Gasteiger charge is -2.02. The van der Waals surface area contributed by atoms with Crippen LogP contribution in [0.4, 0.5) is 5.69 Å². The summed E-state index contributed by atoms with van der Waals surface area (Å²) in [6, 6.07) is 5.92. The number of hydrogen-bond donors (Lipinski definition) is 1. The fourth-order valence-electron chi connectivity index (χ4n) is 1.45. The SMILES string of the molecule is Cc1nc(Sc2ccc(C(=O)O)cn2)ccc1[N+](=O)[O-]. The summed E-state index contributed by atoms with van der Waals surface area (Å²) < 4.78 is 0. The first kappa shape index (κ1) is 13.9. The normalized spacial score (nSPS) is 10.2. The number of aromatic carboxylic acids is 1. The van der Waals surface area contributed by atoms with Crippen LogP contribution in [0.25, 0.3) is 0 Å². The molecule has 7 nitrogen and oxygen atoms in total. The number of carboxylic acids is 1. The Morgan fingerprint density at radius 2 is 2.00 bits per heavy atom. The molecule has 8 heteroatoms. The van der Waals surface area contributed by atoms with Crippen LogP contribution in [0.3, 0.4) is 0 Å². The maximum absolute atomic E-state index is 10.7. The lowest BCUT2D eigenvalue weighted by molar-refractivity contribution is -0.385. The van der Waals surface area contributed by atoms with E-state index in [1.165, 1.54) is 36.2 Å². The molecule has 0 bridgehead atoms. The van der Waals surface area contributed by atoms with Gasteiger partial charge in [0.2, 0.25) is 0 Å². The van der Waals surface area contributed by atoms with Gasteiger partial charge in [-0.15, -0.1) is 0 Å². The lowest BCUT2D eigenvalue weighted by atomic mass is 10.3. The smallest absolute Gasteiger partial charge is 0.337 e. The molecular formula is C12H9N3O4S. The number of carboxylic acid groups (broad SMARTS) is 1. The summed E-state index contributed by atoms with van der Waals surface area (Å²) in [5, 5.41) is 20.6. The number of aryl methyl sites for hydroxylation is 1. The van der Waals surface area contributed by atoms with Crippen LogP contribution in [-0.4, -0.2) is 26.0 Å². The largest absolute Gasteiger partial charge is 0.478 e. The quantitative estimate of drug-likeness (QED) is 0.681. The predicted molar refractivity (Wildman–Crippen MR) is 70.9 cm³/mol. The Kier molecular flexibility index (Phi) is 3.94. The van der Waals surface area contributed by atoms with Gasteiger partial charge in [-0.05, 0) is 25.1 Å². The van der Waals surface area contributed by atoms with E-state index in [0.717, 1.165) is 0 Å². The van der Waals surface area contributed by atoms with Crippen molar-refractivity contribution >= 4 is 23.4 Å². The molecule has 2 heterocycles. The predicted octanol–water partition coefficient (Wildman–Crippen LogP) is 2.54. The molecule has 0 unspecified atom stereocenters. The number of pyridine rings is 2. The van der Waals surface area contributed by atoms with E-state index < -0.39 is 10.9 Å². The summed E-state index contributed by atoms with van der Waals surface area (Å²) in [6.45, 7) is 1.56. The van der Waals surface area contributed by atoms with Crippen molar-refractivity contribution < 1.29 is 14.8 Å². The Balaban J connectivity index is 2.19. The Hall–Kier alpha value is -2.48. The molecule has 0 aliphatic heterocycles. The molecule has 0 aliphatic carbocycles. The molecule has 0 fully saturated rings. The molecular weight excluding hydrogens is 282 g/mol. The lowest BCUT2D eigenvalue weighted by Crippen LogP contribution is -1.97. The van der Waals surface area contributed by atoms with Crippen molar-refractivity contribution in [3.63, 3.8) is 0 Å². The Morgan fingerprint density at radius 3 is 2.50 bits per heavy atom. The fourth-order valence-corrected chi connectivity index (χ4v) is 2.23. The third kappa shape index (κ3) is 3.09. The van der Waals surface area contributed by atoms with Crippen molar-refractivity contribution in [3.05, 3.63) is 51.8 Å². The van der Waals surface area contributed by atoms with E-state index in [1.807, 2.05) is 0 Å². The topological polar surface area (TPSA) is 106 Å². The van der Waals surface area contributed by atoms with E-state index in [9.17, 15) is 14.9 Å². The van der Waals surface area contributed by atoms with Gasteiger partial charge in [0.1, 0.15) is 15.7 Å². The first-order valence-corrected chi connectivity index (χ1v) is 6.28. The van der Waals surface area contributed by atoms with Crippen molar-refractivity contribution in [2.24, 2.45) is 0 Å². The zero-order chi connectivity index (χ0) is 14.7. The Labute approximate surface area is 117 Å². The summed E-state index contributed by atoms with van der Waals surface area (Å²) >= 11 is 1.20. The minimum absolute atomic E-state index is 0.0384. The molecule has 0 saturated carbocycles. The molecule has 1 N–H and O–H groups in total. The average Bonchev–Trinajstić information content (AvgIpc) is 2.39. The third-order valence-corrected chi connectivity index (χ3v) is 3.31. The number of aromatic nitrogens is 2. The van der Waals surface area contributed by atoms with Gasteiger partial charge in [-0.25, -0.2) is 14.8 Å². The number of nitrogens with zero attached hydrogens (tertiary/aromatic N) is 3. The van der Waals surface area contributed by atoms with Crippen molar-refractivity contribution in [2.75, 3.05) is 0 Å². The number of rotatable bonds is 4. The second-order valence-electron chi connectivity index (χ2n) is 3.80. The van der Waals surface area contributed by atoms with Gasteiger partial charge in [-0.3, -0.25) is 10.1 Å². The van der Waals surface area contributed by atoms with Crippen LogP contribution in [-0.2, 0) is 0 Å². The fraction of sp³-hybridized carbons (Fsp3) is 0.0833. The van der Waals surface area contributed by atoms with E-state index >= 15 is 0 Å². The molecule has 2 rings (SSSR count). The van der Waals surface area contributed by atoms with Gasteiger partial charge in [0, 0.05) is 12.3 Å². The molecule has 2 aromatic heterocycles. The molecule has 0 aliphatic rings. The molecule has 0 aromatic carbocycles. The van der Waals surface area contributed by atoms with E-state index in [0.29, 0.717) is 15.7 Å². The van der Waals surface area contributed by atoms with Gasteiger partial charge in [0.15, 0.2) is 0 Å². The maximum Gasteiger partial charge on any atom is 0.337 e. The van der Waals surface area contributed by atoms with E-state index in [4.69, 9.17) is 5.11 Å². The highest BCUT2D eigenvalue weighted by molar-refractivity contribution is 7.99. The zero-order valence-corrected chi connectivity index (χ0v) is 11.1. The average molecular weight is 291 g/mol. The highest BCUT2D eigenvalue weighted by Crippen LogP contribution is 2.27. The van der Waals surface area contributed by atoms with Gasteiger partial charge < -0.3 is 5.11 Å². The monoisotopic (exact) mass is 291 g/mol. The summed E-state index contributed by atoms with van der Waals surface area (Å²) in [6.07, 6.45) is 1.25. The van der Waals surface area contributed by atoms with E-state index in [2.05, 4.69) is 9.97 Å². The zero-order valence-electron chi connectivity index (χ0n) is 10.3. The standard InChI is InChI=1S/C12H9N3O4S/c1-7-9(15(18)19)3-5-11(14-7)20-10-4-2-8(6-13-10)12(16)17/h2-6H,1H3,(H,16,17). The number of nitro groups is 1. The highest BCUT2D eigenvalue weighted by atomic mass is 32.2. The maximum atomic E-state index is 10.7. The summed E-state index contributed by atoms with van der Waals surface area (Å²) in [5.41, 5.74) is 0.382. The molecule has 102 valence electrons.